The number of aromatic nitrogens is 2. The third-order valence-electron chi connectivity index (χ3n) is 3.52. The molecule has 1 aromatic carbocycles. The number of nitrogens with zero attached hydrogens (tertiary/aromatic N) is 2. The van der Waals surface area contributed by atoms with Gasteiger partial charge in [0, 0.05) is 6.54 Å². The Bertz CT molecular complexity index is 922. The van der Waals surface area contributed by atoms with Crippen LogP contribution in [0.15, 0.2) is 51.7 Å². The van der Waals surface area contributed by atoms with E-state index >= 15 is 0 Å². The van der Waals surface area contributed by atoms with E-state index in [2.05, 4.69) is 10.3 Å². The van der Waals surface area contributed by atoms with Crippen molar-refractivity contribution in [1.82, 2.24) is 14.9 Å². The molecule has 0 aliphatic heterocycles. The highest BCUT2D eigenvalue weighted by Gasteiger charge is 2.13. The quantitative estimate of drug-likeness (QED) is 0.486. The van der Waals surface area contributed by atoms with Crippen molar-refractivity contribution >= 4 is 39.2 Å². The van der Waals surface area contributed by atoms with E-state index in [0.29, 0.717) is 21.9 Å². The first kappa shape index (κ1) is 17.7. The lowest BCUT2D eigenvalue weighted by Crippen LogP contribution is -2.27. The molecular formula is C17H17N3O3S2. The molecular weight excluding hydrogens is 358 g/mol. The summed E-state index contributed by atoms with van der Waals surface area (Å²) in [5.74, 6) is 0.0180. The summed E-state index contributed by atoms with van der Waals surface area (Å²) in [5, 5.41) is 14.3. The summed E-state index contributed by atoms with van der Waals surface area (Å²) in [6.45, 7) is 0.459. The van der Waals surface area contributed by atoms with Gasteiger partial charge in [-0.05, 0) is 17.0 Å². The second-order valence-electron chi connectivity index (χ2n) is 5.26. The molecule has 130 valence electrons. The molecule has 3 aromatic rings. The molecule has 0 spiro atoms. The normalized spacial score (nSPS) is 10.9. The van der Waals surface area contributed by atoms with Crippen molar-refractivity contribution in [2.24, 2.45) is 0 Å². The first-order valence-corrected chi connectivity index (χ1v) is 9.58. The van der Waals surface area contributed by atoms with E-state index in [1.165, 1.54) is 27.7 Å². The SMILES string of the molecule is O=C(CSc1nc2ccsc2c(=O)n1CCO)NCc1ccccc1. The topological polar surface area (TPSA) is 84.2 Å². The number of hydrogen-bond donors (Lipinski definition) is 2. The lowest BCUT2D eigenvalue weighted by molar-refractivity contribution is -0.118. The van der Waals surface area contributed by atoms with Crippen molar-refractivity contribution in [3.8, 4) is 0 Å². The van der Waals surface area contributed by atoms with Crippen LogP contribution in [0.1, 0.15) is 5.56 Å². The van der Waals surface area contributed by atoms with E-state index in [1.807, 2.05) is 35.7 Å². The maximum absolute atomic E-state index is 12.5. The third kappa shape index (κ3) is 4.28. The monoisotopic (exact) mass is 375 g/mol. The van der Waals surface area contributed by atoms with E-state index < -0.39 is 0 Å². The average Bonchev–Trinajstić information content (AvgIpc) is 3.10. The zero-order valence-corrected chi connectivity index (χ0v) is 15.0. The van der Waals surface area contributed by atoms with Gasteiger partial charge in [0.15, 0.2) is 5.16 Å². The maximum Gasteiger partial charge on any atom is 0.272 e. The number of aliphatic hydroxyl groups excluding tert-OH is 1. The number of carbonyl (C=O) groups is 1. The number of thiophene rings is 1. The van der Waals surface area contributed by atoms with Crippen molar-refractivity contribution in [3.63, 3.8) is 0 Å². The molecule has 0 saturated heterocycles. The van der Waals surface area contributed by atoms with E-state index in [1.54, 1.807) is 6.07 Å². The van der Waals surface area contributed by atoms with Crippen LogP contribution in [0.4, 0.5) is 0 Å². The van der Waals surface area contributed by atoms with Gasteiger partial charge in [-0.1, -0.05) is 42.1 Å². The first-order chi connectivity index (χ1) is 12.2. The van der Waals surface area contributed by atoms with Gasteiger partial charge in [0.2, 0.25) is 5.91 Å². The van der Waals surface area contributed by atoms with E-state index in [0.717, 1.165) is 5.56 Å². The molecule has 2 N–H and O–H groups in total. The molecule has 0 saturated carbocycles. The van der Waals surface area contributed by atoms with Crippen molar-refractivity contribution in [1.29, 1.82) is 0 Å². The molecule has 1 amide bonds. The van der Waals surface area contributed by atoms with Crippen LogP contribution >= 0.6 is 23.1 Å². The van der Waals surface area contributed by atoms with Crippen LogP contribution in [0, 0.1) is 0 Å². The first-order valence-electron chi connectivity index (χ1n) is 7.71. The van der Waals surface area contributed by atoms with Gasteiger partial charge in [-0.25, -0.2) is 4.98 Å². The summed E-state index contributed by atoms with van der Waals surface area (Å²) in [6, 6.07) is 11.4. The number of hydrogen-bond acceptors (Lipinski definition) is 6. The highest BCUT2D eigenvalue weighted by Crippen LogP contribution is 2.20. The van der Waals surface area contributed by atoms with Crippen LogP contribution in [0.3, 0.4) is 0 Å². The summed E-state index contributed by atoms with van der Waals surface area (Å²) in [4.78, 5) is 29.0. The molecule has 0 aliphatic rings. The minimum atomic E-state index is -0.179. The van der Waals surface area contributed by atoms with Gasteiger partial charge in [-0.3, -0.25) is 14.2 Å². The van der Waals surface area contributed by atoms with Crippen LogP contribution in [0.5, 0.6) is 0 Å². The van der Waals surface area contributed by atoms with Crippen LogP contribution in [-0.4, -0.2) is 32.9 Å². The van der Waals surface area contributed by atoms with E-state index in [-0.39, 0.29) is 30.4 Å². The Hall–Kier alpha value is -2.16. The number of thioether (sulfide) groups is 1. The fraction of sp³-hybridized carbons (Fsp3) is 0.235. The van der Waals surface area contributed by atoms with Gasteiger partial charge >= 0.3 is 0 Å². The zero-order chi connectivity index (χ0) is 17.6. The minimum absolute atomic E-state index is 0.135. The Morgan fingerprint density at radius 3 is 2.84 bits per heavy atom. The van der Waals surface area contributed by atoms with Crippen LogP contribution < -0.4 is 10.9 Å². The van der Waals surface area contributed by atoms with Gasteiger partial charge in [-0.15, -0.1) is 11.3 Å². The average molecular weight is 375 g/mol. The highest BCUT2D eigenvalue weighted by atomic mass is 32.2. The van der Waals surface area contributed by atoms with Crippen molar-refractivity contribution in [3.05, 3.63) is 57.7 Å². The lowest BCUT2D eigenvalue weighted by atomic mass is 10.2. The molecule has 0 fully saturated rings. The third-order valence-corrected chi connectivity index (χ3v) is 5.39. The largest absolute Gasteiger partial charge is 0.395 e. The Morgan fingerprint density at radius 2 is 2.08 bits per heavy atom. The van der Waals surface area contributed by atoms with Gasteiger partial charge in [0.1, 0.15) is 4.70 Å². The maximum atomic E-state index is 12.5. The predicted molar refractivity (Wildman–Crippen MR) is 100.0 cm³/mol. The number of fused-ring (bicyclic) bond motifs is 1. The second kappa shape index (κ2) is 8.28. The molecule has 3 rings (SSSR count). The van der Waals surface area contributed by atoms with E-state index in [4.69, 9.17) is 0 Å². The highest BCUT2D eigenvalue weighted by molar-refractivity contribution is 7.99. The van der Waals surface area contributed by atoms with Crippen molar-refractivity contribution in [2.45, 2.75) is 18.2 Å². The molecule has 25 heavy (non-hydrogen) atoms. The molecule has 6 nitrogen and oxygen atoms in total. The summed E-state index contributed by atoms with van der Waals surface area (Å²) < 4.78 is 1.99. The summed E-state index contributed by atoms with van der Waals surface area (Å²) in [6.07, 6.45) is 0. The molecule has 0 unspecified atom stereocenters. The van der Waals surface area contributed by atoms with Gasteiger partial charge < -0.3 is 10.4 Å². The number of rotatable bonds is 7. The molecule has 8 heteroatoms. The van der Waals surface area contributed by atoms with Gasteiger partial charge in [0.25, 0.3) is 5.56 Å². The summed E-state index contributed by atoms with van der Waals surface area (Å²) in [7, 11) is 0. The van der Waals surface area contributed by atoms with Crippen molar-refractivity contribution in [2.75, 3.05) is 12.4 Å². The molecule has 0 aliphatic carbocycles. The van der Waals surface area contributed by atoms with Crippen molar-refractivity contribution < 1.29 is 9.90 Å². The second-order valence-corrected chi connectivity index (χ2v) is 7.12. The number of nitrogens with one attached hydrogen (secondary N) is 1. The summed E-state index contributed by atoms with van der Waals surface area (Å²) in [5.41, 5.74) is 1.47. The molecule has 2 aromatic heterocycles. The zero-order valence-electron chi connectivity index (χ0n) is 13.3. The van der Waals surface area contributed by atoms with Crippen LogP contribution in [0.2, 0.25) is 0 Å². The Kier molecular flexibility index (Phi) is 5.85. The smallest absolute Gasteiger partial charge is 0.272 e. The lowest BCUT2D eigenvalue weighted by Gasteiger charge is -2.10. The number of carbonyl (C=O) groups excluding carboxylic acids is 1. The Morgan fingerprint density at radius 1 is 1.28 bits per heavy atom. The summed E-state index contributed by atoms with van der Waals surface area (Å²) >= 11 is 2.52. The molecule has 0 bridgehead atoms. The Labute approximate surface area is 152 Å². The van der Waals surface area contributed by atoms with E-state index in [9.17, 15) is 14.7 Å². The predicted octanol–water partition coefficient (Wildman–Crippen LogP) is 1.86. The Balaban J connectivity index is 1.68. The standard InChI is InChI=1S/C17H17N3O3S2/c21-8-7-20-16(23)15-13(6-9-24-15)19-17(20)25-11-14(22)18-10-12-4-2-1-3-5-12/h1-6,9,21H,7-8,10-11H2,(H,18,22). The molecule has 0 atom stereocenters. The van der Waals surface area contributed by atoms with Gasteiger partial charge in [0.05, 0.1) is 24.4 Å². The minimum Gasteiger partial charge on any atom is -0.395 e. The fourth-order valence-electron chi connectivity index (χ4n) is 2.31. The fourth-order valence-corrected chi connectivity index (χ4v) is 3.94. The molecule has 2 heterocycles. The van der Waals surface area contributed by atoms with Crippen LogP contribution in [0.25, 0.3) is 10.2 Å². The molecule has 0 radical (unpaired) electrons. The number of aliphatic hydroxyl groups is 1. The van der Waals surface area contributed by atoms with Crippen LogP contribution in [-0.2, 0) is 17.9 Å². The number of benzene rings is 1. The van der Waals surface area contributed by atoms with Gasteiger partial charge in [-0.2, -0.15) is 0 Å². The number of amides is 1.